The predicted octanol–water partition coefficient (Wildman–Crippen LogP) is 4.94. The van der Waals surface area contributed by atoms with Gasteiger partial charge in [0, 0.05) is 12.2 Å². The molecule has 0 fully saturated rings. The van der Waals surface area contributed by atoms with Crippen molar-refractivity contribution in [3.63, 3.8) is 0 Å². The third kappa shape index (κ3) is 4.63. The van der Waals surface area contributed by atoms with Crippen molar-refractivity contribution >= 4 is 17.3 Å². The Morgan fingerprint density at radius 3 is 2.19 bits per heavy atom. The summed E-state index contributed by atoms with van der Waals surface area (Å²) >= 11 is 0. The van der Waals surface area contributed by atoms with Crippen LogP contribution in [0.15, 0.2) is 84.9 Å². The molecule has 0 aromatic heterocycles. The summed E-state index contributed by atoms with van der Waals surface area (Å²) in [6.07, 6.45) is 0. The van der Waals surface area contributed by atoms with E-state index in [0.29, 0.717) is 11.4 Å². The zero-order valence-electron chi connectivity index (χ0n) is 14.8. The van der Waals surface area contributed by atoms with E-state index in [9.17, 15) is 4.79 Å². The number of likely N-dealkylation sites (N-methyl/N-ethyl adjacent to an activating group) is 1. The number of rotatable bonds is 7. The summed E-state index contributed by atoms with van der Waals surface area (Å²) in [5.74, 6) is 1.27. The standard InChI is InChI=1S/C22H22N2O2/c1-2-24(18-11-5-3-6-12-18)17-22(25)23-20-15-9-10-16-21(20)26-19-13-7-4-8-14-19/h3-16H,2,17H2,1H3,(H,23,25). The van der Waals surface area contributed by atoms with Crippen LogP contribution in [0.5, 0.6) is 11.5 Å². The number of carbonyl (C=O) groups excluding carboxylic acids is 1. The van der Waals surface area contributed by atoms with E-state index in [2.05, 4.69) is 5.32 Å². The van der Waals surface area contributed by atoms with Crippen LogP contribution in [0, 0.1) is 0 Å². The molecule has 0 bridgehead atoms. The Kier molecular flexibility index (Phi) is 5.88. The summed E-state index contributed by atoms with van der Waals surface area (Å²) in [5.41, 5.74) is 1.68. The van der Waals surface area contributed by atoms with Gasteiger partial charge in [0.1, 0.15) is 5.75 Å². The van der Waals surface area contributed by atoms with Crippen LogP contribution in [-0.2, 0) is 4.79 Å². The van der Waals surface area contributed by atoms with Gasteiger partial charge in [-0.3, -0.25) is 4.79 Å². The lowest BCUT2D eigenvalue weighted by Crippen LogP contribution is -2.33. The van der Waals surface area contributed by atoms with E-state index in [-0.39, 0.29) is 12.5 Å². The molecule has 0 heterocycles. The minimum Gasteiger partial charge on any atom is -0.455 e. The fourth-order valence-corrected chi connectivity index (χ4v) is 2.66. The van der Waals surface area contributed by atoms with E-state index in [1.807, 2.05) is 96.8 Å². The minimum atomic E-state index is -0.0835. The Morgan fingerprint density at radius 2 is 1.50 bits per heavy atom. The molecule has 3 aromatic carbocycles. The highest BCUT2D eigenvalue weighted by Crippen LogP contribution is 2.29. The number of amides is 1. The maximum atomic E-state index is 12.6. The maximum absolute atomic E-state index is 12.6. The summed E-state index contributed by atoms with van der Waals surface area (Å²) in [7, 11) is 0. The van der Waals surface area contributed by atoms with Gasteiger partial charge >= 0.3 is 0 Å². The third-order valence-corrected chi connectivity index (χ3v) is 3.97. The average Bonchev–Trinajstić information content (AvgIpc) is 2.69. The number of hydrogen-bond acceptors (Lipinski definition) is 3. The van der Waals surface area contributed by atoms with Crippen LogP contribution in [-0.4, -0.2) is 19.0 Å². The van der Waals surface area contributed by atoms with Gasteiger partial charge in [-0.05, 0) is 43.3 Å². The molecular formula is C22H22N2O2. The van der Waals surface area contributed by atoms with Crippen molar-refractivity contribution in [3.8, 4) is 11.5 Å². The summed E-state index contributed by atoms with van der Waals surface area (Å²) in [5, 5.41) is 2.96. The molecule has 1 amide bonds. The van der Waals surface area contributed by atoms with Crippen molar-refractivity contribution in [2.75, 3.05) is 23.3 Å². The highest BCUT2D eigenvalue weighted by atomic mass is 16.5. The van der Waals surface area contributed by atoms with Crippen molar-refractivity contribution in [1.29, 1.82) is 0 Å². The fourth-order valence-electron chi connectivity index (χ4n) is 2.66. The minimum absolute atomic E-state index is 0.0835. The Morgan fingerprint density at radius 1 is 0.885 bits per heavy atom. The third-order valence-electron chi connectivity index (χ3n) is 3.97. The van der Waals surface area contributed by atoms with Crippen LogP contribution in [0.2, 0.25) is 0 Å². The second-order valence-electron chi connectivity index (χ2n) is 5.81. The lowest BCUT2D eigenvalue weighted by Gasteiger charge is -2.22. The van der Waals surface area contributed by atoms with Gasteiger partial charge in [-0.1, -0.05) is 48.5 Å². The van der Waals surface area contributed by atoms with Crippen molar-refractivity contribution < 1.29 is 9.53 Å². The van der Waals surface area contributed by atoms with Crippen molar-refractivity contribution in [2.45, 2.75) is 6.92 Å². The van der Waals surface area contributed by atoms with Gasteiger partial charge in [-0.15, -0.1) is 0 Å². The maximum Gasteiger partial charge on any atom is 0.243 e. The van der Waals surface area contributed by atoms with Gasteiger partial charge in [0.2, 0.25) is 5.91 Å². The number of hydrogen-bond donors (Lipinski definition) is 1. The molecule has 0 spiro atoms. The number of nitrogens with one attached hydrogen (secondary N) is 1. The van der Waals surface area contributed by atoms with E-state index in [1.54, 1.807) is 0 Å². The Bertz CT molecular complexity index is 835. The molecule has 3 rings (SSSR count). The molecule has 26 heavy (non-hydrogen) atoms. The molecule has 1 N–H and O–H groups in total. The van der Waals surface area contributed by atoms with Gasteiger partial charge < -0.3 is 15.0 Å². The number of anilines is 2. The molecular weight excluding hydrogens is 324 g/mol. The van der Waals surface area contributed by atoms with Gasteiger partial charge in [-0.2, -0.15) is 0 Å². The molecule has 0 saturated carbocycles. The zero-order valence-corrected chi connectivity index (χ0v) is 14.8. The fraction of sp³-hybridized carbons (Fsp3) is 0.136. The molecule has 0 atom stereocenters. The highest BCUT2D eigenvalue weighted by molar-refractivity contribution is 5.95. The largest absolute Gasteiger partial charge is 0.455 e. The normalized spacial score (nSPS) is 10.2. The summed E-state index contributed by atoms with van der Waals surface area (Å²) < 4.78 is 5.90. The Balaban J connectivity index is 1.69. The first-order valence-corrected chi connectivity index (χ1v) is 8.68. The van der Waals surface area contributed by atoms with Crippen molar-refractivity contribution in [2.24, 2.45) is 0 Å². The van der Waals surface area contributed by atoms with Crippen LogP contribution >= 0.6 is 0 Å². The monoisotopic (exact) mass is 346 g/mol. The molecule has 0 aliphatic heterocycles. The van der Waals surface area contributed by atoms with E-state index in [4.69, 9.17) is 4.74 Å². The number of para-hydroxylation sites is 4. The molecule has 0 aliphatic carbocycles. The first-order chi connectivity index (χ1) is 12.8. The molecule has 0 saturated heterocycles. The van der Waals surface area contributed by atoms with Gasteiger partial charge in [0.05, 0.1) is 12.2 Å². The average molecular weight is 346 g/mol. The van der Waals surface area contributed by atoms with E-state index >= 15 is 0 Å². The SMILES string of the molecule is CCN(CC(=O)Nc1ccccc1Oc1ccccc1)c1ccccc1. The second kappa shape index (κ2) is 8.72. The Labute approximate surface area is 154 Å². The highest BCUT2D eigenvalue weighted by Gasteiger charge is 2.12. The van der Waals surface area contributed by atoms with Crippen molar-refractivity contribution in [1.82, 2.24) is 0 Å². The number of ether oxygens (including phenoxy) is 1. The van der Waals surface area contributed by atoms with Crippen LogP contribution in [0.3, 0.4) is 0 Å². The molecule has 4 heteroatoms. The van der Waals surface area contributed by atoms with Crippen LogP contribution in [0.25, 0.3) is 0 Å². The molecule has 0 unspecified atom stereocenters. The topological polar surface area (TPSA) is 41.6 Å². The predicted molar refractivity (Wildman–Crippen MR) is 106 cm³/mol. The zero-order chi connectivity index (χ0) is 18.2. The quantitative estimate of drug-likeness (QED) is 0.658. The lowest BCUT2D eigenvalue weighted by atomic mass is 10.2. The first-order valence-electron chi connectivity index (χ1n) is 8.68. The number of nitrogens with zero attached hydrogens (tertiary/aromatic N) is 1. The summed E-state index contributed by atoms with van der Waals surface area (Å²) in [4.78, 5) is 14.6. The van der Waals surface area contributed by atoms with Gasteiger partial charge in [-0.25, -0.2) is 0 Å². The molecule has 4 nitrogen and oxygen atoms in total. The summed E-state index contributed by atoms with van der Waals surface area (Å²) in [6, 6.07) is 26.9. The second-order valence-corrected chi connectivity index (χ2v) is 5.81. The molecule has 3 aromatic rings. The Hall–Kier alpha value is -3.27. The van der Waals surface area contributed by atoms with Gasteiger partial charge in [0.15, 0.2) is 5.75 Å². The van der Waals surface area contributed by atoms with Crippen LogP contribution in [0.1, 0.15) is 6.92 Å². The number of benzene rings is 3. The van der Waals surface area contributed by atoms with E-state index in [0.717, 1.165) is 18.0 Å². The molecule has 132 valence electrons. The smallest absolute Gasteiger partial charge is 0.243 e. The van der Waals surface area contributed by atoms with Gasteiger partial charge in [0.25, 0.3) is 0 Å². The lowest BCUT2D eigenvalue weighted by molar-refractivity contribution is -0.115. The van der Waals surface area contributed by atoms with Crippen LogP contribution in [0.4, 0.5) is 11.4 Å². The molecule has 0 aliphatic rings. The van der Waals surface area contributed by atoms with E-state index < -0.39 is 0 Å². The number of carbonyl (C=O) groups is 1. The first kappa shape index (κ1) is 17.5. The summed E-state index contributed by atoms with van der Waals surface area (Å²) in [6.45, 7) is 3.06. The van der Waals surface area contributed by atoms with Crippen molar-refractivity contribution in [3.05, 3.63) is 84.9 Å². The molecule has 0 radical (unpaired) electrons. The van der Waals surface area contributed by atoms with E-state index in [1.165, 1.54) is 0 Å². The van der Waals surface area contributed by atoms with Crippen LogP contribution < -0.4 is 15.0 Å².